The molecule has 0 N–H and O–H groups in total. The molecular weight excluding hydrogens is 176 g/mol. The highest BCUT2D eigenvalue weighted by atomic mass is 16.6. The predicted molar refractivity (Wildman–Crippen MR) is 40.9 cm³/mol. The van der Waals surface area contributed by atoms with Crippen LogP contribution in [0.2, 0.25) is 0 Å². The number of nitrogens with zero attached hydrogens (tertiary/aromatic N) is 2. The van der Waals surface area contributed by atoms with Gasteiger partial charge in [-0.05, 0) is 6.92 Å². The fourth-order valence-electron chi connectivity index (χ4n) is 0.451. The second-order valence-corrected chi connectivity index (χ2v) is 1.70. The minimum atomic E-state index is -1.49. The first-order valence-corrected chi connectivity index (χ1v) is 3.22. The minimum Gasteiger partial charge on any atom is -0.414 e. The van der Waals surface area contributed by atoms with Crippen LogP contribution in [0.5, 0.6) is 0 Å². The summed E-state index contributed by atoms with van der Waals surface area (Å²) in [5.41, 5.74) is 0. The van der Waals surface area contributed by atoms with Gasteiger partial charge < -0.3 is 4.74 Å². The van der Waals surface area contributed by atoms with Crippen LogP contribution in [-0.4, -0.2) is 24.5 Å². The van der Waals surface area contributed by atoms with Crippen LogP contribution in [0, 0.1) is 0 Å². The number of hydrogen-bond acceptors (Lipinski definition) is 6. The predicted octanol–water partition coefficient (Wildman–Crippen LogP) is 0.0609. The van der Waals surface area contributed by atoms with E-state index in [0.29, 0.717) is 0 Å². The summed E-state index contributed by atoms with van der Waals surface area (Å²) in [7, 11) is 0. The fourth-order valence-corrected chi connectivity index (χ4v) is 0.451. The lowest BCUT2D eigenvalue weighted by atomic mass is 10.5. The van der Waals surface area contributed by atoms with Crippen molar-refractivity contribution < 1.29 is 19.1 Å². The Hall–Kier alpha value is -2.03. The number of carbonyl (C=O) groups is 1. The van der Waals surface area contributed by atoms with Crippen molar-refractivity contribution in [2.75, 3.05) is 0 Å². The van der Waals surface area contributed by atoms with Gasteiger partial charge in [-0.15, -0.1) is 9.98 Å². The van der Waals surface area contributed by atoms with Crippen molar-refractivity contribution >= 4 is 18.1 Å². The quantitative estimate of drug-likeness (QED) is 0.266. The van der Waals surface area contributed by atoms with Crippen LogP contribution in [0.15, 0.2) is 22.1 Å². The van der Waals surface area contributed by atoms with Crippen molar-refractivity contribution in [2.45, 2.75) is 13.3 Å². The summed E-state index contributed by atoms with van der Waals surface area (Å²) < 4.78 is 4.39. The van der Waals surface area contributed by atoms with E-state index in [9.17, 15) is 14.4 Å². The molecule has 0 aliphatic carbocycles. The Morgan fingerprint density at radius 1 is 1.38 bits per heavy atom. The van der Waals surface area contributed by atoms with E-state index in [1.54, 1.807) is 6.92 Å². The average Bonchev–Trinajstić information content (AvgIpc) is 2.05. The zero-order valence-electron chi connectivity index (χ0n) is 6.76. The lowest BCUT2D eigenvalue weighted by Gasteiger charge is -2.01. The summed E-state index contributed by atoms with van der Waals surface area (Å²) in [5, 5.41) is 0. The Labute approximate surface area is 73.6 Å². The number of esters is 1. The molecule has 0 saturated heterocycles. The Bertz CT molecular complexity index is 280. The van der Waals surface area contributed by atoms with Gasteiger partial charge in [0.05, 0.1) is 0 Å². The Kier molecular flexibility index (Phi) is 5.63. The molecule has 0 amide bonds. The van der Waals surface area contributed by atoms with Gasteiger partial charge >= 0.3 is 12.3 Å². The maximum absolute atomic E-state index is 10.7. The summed E-state index contributed by atoms with van der Waals surface area (Å²) in [6.45, 7) is 1.60. The standard InChI is InChI=1S/C7H6N2O4/c1-2-3-6(12)13-7(8-4-10)9-5-11/h2-3,7H,1H3. The summed E-state index contributed by atoms with van der Waals surface area (Å²) in [6.07, 6.45) is 3.23. The van der Waals surface area contributed by atoms with Gasteiger partial charge in [-0.2, -0.15) is 0 Å². The van der Waals surface area contributed by atoms with Gasteiger partial charge in [-0.3, -0.25) is 0 Å². The van der Waals surface area contributed by atoms with Crippen molar-refractivity contribution in [1.29, 1.82) is 0 Å². The second-order valence-electron chi connectivity index (χ2n) is 1.70. The molecule has 6 heteroatoms. The SMILES string of the molecule is CC=CC(=O)OC(N=C=O)N=C=O. The molecule has 0 spiro atoms. The monoisotopic (exact) mass is 182 g/mol. The third kappa shape index (κ3) is 5.26. The van der Waals surface area contributed by atoms with Crippen LogP contribution in [0.3, 0.4) is 0 Å². The first-order chi connectivity index (χ1) is 6.24. The van der Waals surface area contributed by atoms with Gasteiger partial charge in [0.15, 0.2) is 0 Å². The zero-order valence-corrected chi connectivity index (χ0v) is 6.76. The Balaban J connectivity index is 4.33. The van der Waals surface area contributed by atoms with Gasteiger partial charge in [0.25, 0.3) is 0 Å². The minimum absolute atomic E-state index is 0.759. The molecule has 0 aromatic heterocycles. The van der Waals surface area contributed by atoms with Crippen molar-refractivity contribution in [1.82, 2.24) is 0 Å². The zero-order chi connectivity index (χ0) is 10.1. The van der Waals surface area contributed by atoms with E-state index >= 15 is 0 Å². The molecule has 0 aromatic carbocycles. The van der Waals surface area contributed by atoms with Gasteiger partial charge in [-0.25, -0.2) is 14.4 Å². The van der Waals surface area contributed by atoms with E-state index in [2.05, 4.69) is 14.7 Å². The first-order valence-electron chi connectivity index (χ1n) is 3.22. The topological polar surface area (TPSA) is 85.2 Å². The Morgan fingerprint density at radius 3 is 2.31 bits per heavy atom. The van der Waals surface area contributed by atoms with Crippen LogP contribution in [0.25, 0.3) is 0 Å². The summed E-state index contributed by atoms with van der Waals surface area (Å²) in [5.74, 6) is -0.759. The molecule has 0 heterocycles. The van der Waals surface area contributed by atoms with Crippen molar-refractivity contribution in [3.8, 4) is 0 Å². The maximum Gasteiger partial charge on any atom is 0.333 e. The number of ether oxygens (including phenoxy) is 1. The number of carbonyl (C=O) groups excluding carboxylic acids is 3. The molecule has 13 heavy (non-hydrogen) atoms. The number of hydrogen-bond donors (Lipinski definition) is 0. The molecule has 0 aliphatic rings. The molecular formula is C7H6N2O4. The molecule has 0 rings (SSSR count). The highest BCUT2D eigenvalue weighted by Crippen LogP contribution is 1.95. The van der Waals surface area contributed by atoms with Gasteiger partial charge in [0.1, 0.15) is 0 Å². The Morgan fingerprint density at radius 2 is 1.92 bits per heavy atom. The molecule has 0 saturated carbocycles. The third-order valence-electron chi connectivity index (χ3n) is 0.851. The molecule has 6 nitrogen and oxygen atoms in total. The van der Waals surface area contributed by atoms with E-state index < -0.39 is 12.3 Å². The molecule has 0 fully saturated rings. The number of isocyanates is 2. The van der Waals surface area contributed by atoms with Gasteiger partial charge in [-0.1, -0.05) is 6.08 Å². The van der Waals surface area contributed by atoms with E-state index in [1.165, 1.54) is 6.08 Å². The fraction of sp³-hybridized carbons (Fsp3) is 0.286. The van der Waals surface area contributed by atoms with E-state index in [-0.39, 0.29) is 0 Å². The van der Waals surface area contributed by atoms with Crippen LogP contribution in [0.1, 0.15) is 6.92 Å². The molecule has 0 bridgehead atoms. The van der Waals surface area contributed by atoms with E-state index in [0.717, 1.165) is 18.2 Å². The molecule has 68 valence electrons. The summed E-state index contributed by atoms with van der Waals surface area (Å²) in [4.78, 5) is 36.0. The van der Waals surface area contributed by atoms with Crippen molar-refractivity contribution in [3.63, 3.8) is 0 Å². The molecule has 0 unspecified atom stereocenters. The van der Waals surface area contributed by atoms with Crippen molar-refractivity contribution in [2.24, 2.45) is 9.98 Å². The molecule has 0 aromatic rings. The van der Waals surface area contributed by atoms with Crippen LogP contribution < -0.4 is 0 Å². The van der Waals surface area contributed by atoms with Crippen LogP contribution in [0.4, 0.5) is 0 Å². The normalized spacial score (nSPS) is 11.2. The molecule has 0 aliphatic heterocycles. The first kappa shape index (κ1) is 11.0. The summed E-state index contributed by atoms with van der Waals surface area (Å²) >= 11 is 0. The highest BCUT2D eigenvalue weighted by molar-refractivity contribution is 5.81. The van der Waals surface area contributed by atoms with Crippen molar-refractivity contribution in [3.05, 3.63) is 12.2 Å². The van der Waals surface area contributed by atoms with Crippen LogP contribution in [-0.2, 0) is 19.1 Å². The smallest absolute Gasteiger partial charge is 0.333 e. The second kappa shape index (κ2) is 6.67. The third-order valence-corrected chi connectivity index (χ3v) is 0.851. The van der Waals surface area contributed by atoms with Crippen LogP contribution >= 0.6 is 0 Å². The maximum atomic E-state index is 10.7. The average molecular weight is 182 g/mol. The lowest BCUT2D eigenvalue weighted by Crippen LogP contribution is -2.11. The highest BCUT2D eigenvalue weighted by Gasteiger charge is 2.07. The molecule has 0 radical (unpaired) electrons. The molecule has 0 atom stereocenters. The summed E-state index contributed by atoms with van der Waals surface area (Å²) in [6, 6.07) is 0. The van der Waals surface area contributed by atoms with Gasteiger partial charge in [0, 0.05) is 6.08 Å². The van der Waals surface area contributed by atoms with Gasteiger partial charge in [0.2, 0.25) is 12.2 Å². The number of aliphatic imine (C=N–C) groups is 2. The number of allylic oxidation sites excluding steroid dienone is 1. The lowest BCUT2D eigenvalue weighted by molar-refractivity contribution is -0.142. The van der Waals surface area contributed by atoms with E-state index in [1.807, 2.05) is 0 Å². The number of rotatable bonds is 4. The largest absolute Gasteiger partial charge is 0.414 e. The van der Waals surface area contributed by atoms with E-state index in [4.69, 9.17) is 0 Å².